The summed E-state index contributed by atoms with van der Waals surface area (Å²) < 4.78 is 0. The molecule has 1 aromatic rings. The Morgan fingerprint density at radius 1 is 0.933 bits per heavy atom. The molecular weight excluding hydrogens is 200 g/mol. The highest BCUT2D eigenvalue weighted by atomic mass is 32.2. The Kier molecular flexibility index (Phi) is 15.4. The molecule has 1 aromatic carbocycles. The Balaban J connectivity index is 0. The lowest BCUT2D eigenvalue weighted by molar-refractivity contribution is 0.920. The predicted molar refractivity (Wildman–Crippen MR) is 74.9 cm³/mol. The summed E-state index contributed by atoms with van der Waals surface area (Å²) in [6.07, 6.45) is 4.54. The first kappa shape index (κ1) is 17.0. The van der Waals surface area contributed by atoms with Crippen molar-refractivity contribution in [2.24, 2.45) is 0 Å². The Morgan fingerprint density at radius 3 is 1.73 bits per heavy atom. The van der Waals surface area contributed by atoms with E-state index >= 15 is 0 Å². The number of hydrogen-bond donors (Lipinski definition) is 0. The molecule has 0 N–H and O–H groups in total. The fraction of sp³-hybridized carbons (Fsp3) is 0.571. The van der Waals surface area contributed by atoms with Crippen LogP contribution in [0.25, 0.3) is 0 Å². The predicted octanol–water partition coefficient (Wildman–Crippen LogP) is 5.41. The average molecular weight is 226 g/mol. The van der Waals surface area contributed by atoms with Crippen LogP contribution in [0.1, 0.15) is 46.6 Å². The Morgan fingerprint density at radius 2 is 1.40 bits per heavy atom. The number of aryl methyl sites for hydroxylation is 1. The van der Waals surface area contributed by atoms with Crippen molar-refractivity contribution in [3.05, 3.63) is 29.8 Å². The molecule has 0 aliphatic heterocycles. The summed E-state index contributed by atoms with van der Waals surface area (Å²) in [7, 11) is 0. The quantitative estimate of drug-likeness (QED) is 0.621. The van der Waals surface area contributed by atoms with E-state index in [0.717, 1.165) is 0 Å². The highest BCUT2D eigenvalue weighted by Gasteiger charge is 1.90. The summed E-state index contributed by atoms with van der Waals surface area (Å²) in [5, 5.41) is 0. The zero-order valence-electron chi connectivity index (χ0n) is 11.1. The van der Waals surface area contributed by atoms with Crippen molar-refractivity contribution in [3.8, 4) is 0 Å². The van der Waals surface area contributed by atoms with Gasteiger partial charge in [0, 0.05) is 4.90 Å². The van der Waals surface area contributed by atoms with Crippen LogP contribution < -0.4 is 0 Å². The second-order valence-corrected chi connectivity index (χ2v) is 3.48. The van der Waals surface area contributed by atoms with Crippen LogP contribution >= 0.6 is 11.8 Å². The standard InChI is InChI=1S/C10H14S.2C2H6/c1-3-4-9-5-7-10(11-2)8-6-9;2*1-2/h5-8H,3-4H2,1-2H3;2*1-2H3. The van der Waals surface area contributed by atoms with E-state index in [-0.39, 0.29) is 0 Å². The first-order valence-electron chi connectivity index (χ1n) is 5.99. The SMILES string of the molecule is CC.CC.CCCc1ccc(SC)cc1. The van der Waals surface area contributed by atoms with Crippen molar-refractivity contribution >= 4 is 11.8 Å². The molecule has 0 spiro atoms. The number of rotatable bonds is 3. The van der Waals surface area contributed by atoms with Crippen LogP contribution in [0.15, 0.2) is 29.2 Å². The molecule has 0 amide bonds. The molecule has 0 aromatic heterocycles. The second-order valence-electron chi connectivity index (χ2n) is 2.60. The van der Waals surface area contributed by atoms with Gasteiger partial charge >= 0.3 is 0 Å². The molecular formula is C14H26S. The van der Waals surface area contributed by atoms with E-state index in [9.17, 15) is 0 Å². The fourth-order valence-electron chi connectivity index (χ4n) is 1.08. The topological polar surface area (TPSA) is 0 Å². The molecule has 0 unspecified atom stereocenters. The van der Waals surface area contributed by atoms with Crippen molar-refractivity contribution < 1.29 is 0 Å². The Labute approximate surface area is 100 Å². The third-order valence-corrected chi connectivity index (χ3v) is 2.44. The molecule has 0 nitrogen and oxygen atoms in total. The molecule has 88 valence electrons. The summed E-state index contributed by atoms with van der Waals surface area (Å²) in [6.45, 7) is 10.2. The van der Waals surface area contributed by atoms with Crippen LogP contribution in [0.3, 0.4) is 0 Å². The summed E-state index contributed by atoms with van der Waals surface area (Å²) in [5.41, 5.74) is 1.45. The molecule has 0 saturated heterocycles. The maximum Gasteiger partial charge on any atom is 0.00693 e. The maximum absolute atomic E-state index is 2.22. The molecule has 0 aliphatic rings. The van der Waals surface area contributed by atoms with Crippen molar-refractivity contribution in [2.45, 2.75) is 52.4 Å². The van der Waals surface area contributed by atoms with Gasteiger partial charge in [-0.3, -0.25) is 0 Å². The van der Waals surface area contributed by atoms with Gasteiger partial charge in [0.05, 0.1) is 0 Å². The van der Waals surface area contributed by atoms with E-state index in [1.54, 1.807) is 11.8 Å². The maximum atomic E-state index is 2.22. The van der Waals surface area contributed by atoms with Gasteiger partial charge in [-0.05, 0) is 30.4 Å². The summed E-state index contributed by atoms with van der Waals surface area (Å²) >= 11 is 1.80. The molecule has 0 heterocycles. The first-order valence-corrected chi connectivity index (χ1v) is 7.22. The van der Waals surface area contributed by atoms with E-state index in [1.165, 1.54) is 23.3 Å². The van der Waals surface area contributed by atoms with Gasteiger partial charge < -0.3 is 0 Å². The van der Waals surface area contributed by atoms with Crippen LogP contribution in [0.4, 0.5) is 0 Å². The number of benzene rings is 1. The van der Waals surface area contributed by atoms with E-state index in [0.29, 0.717) is 0 Å². The minimum atomic E-state index is 1.20. The largest absolute Gasteiger partial charge is 0.130 e. The van der Waals surface area contributed by atoms with E-state index in [1.807, 2.05) is 27.7 Å². The lowest BCUT2D eigenvalue weighted by Crippen LogP contribution is -1.81. The van der Waals surface area contributed by atoms with Crippen molar-refractivity contribution in [1.29, 1.82) is 0 Å². The van der Waals surface area contributed by atoms with Gasteiger partial charge in [0.2, 0.25) is 0 Å². The van der Waals surface area contributed by atoms with Crippen LogP contribution in [-0.2, 0) is 6.42 Å². The highest BCUT2D eigenvalue weighted by Crippen LogP contribution is 2.15. The monoisotopic (exact) mass is 226 g/mol. The van der Waals surface area contributed by atoms with Crippen LogP contribution in [0.5, 0.6) is 0 Å². The Bertz CT molecular complexity index is 201. The highest BCUT2D eigenvalue weighted by molar-refractivity contribution is 7.98. The van der Waals surface area contributed by atoms with Crippen LogP contribution in [0.2, 0.25) is 0 Å². The minimum absolute atomic E-state index is 1.20. The summed E-state index contributed by atoms with van der Waals surface area (Å²) in [4.78, 5) is 1.35. The minimum Gasteiger partial charge on any atom is -0.130 e. The molecule has 0 fully saturated rings. The molecule has 15 heavy (non-hydrogen) atoms. The van der Waals surface area contributed by atoms with Gasteiger partial charge in [-0.25, -0.2) is 0 Å². The normalized spacial score (nSPS) is 8.13. The molecule has 0 bridgehead atoms. The molecule has 0 aliphatic carbocycles. The van der Waals surface area contributed by atoms with Gasteiger partial charge in [-0.1, -0.05) is 53.2 Å². The number of thioether (sulfide) groups is 1. The van der Waals surface area contributed by atoms with Gasteiger partial charge in [-0.15, -0.1) is 11.8 Å². The fourth-order valence-corrected chi connectivity index (χ4v) is 1.49. The van der Waals surface area contributed by atoms with Crippen molar-refractivity contribution in [1.82, 2.24) is 0 Å². The third-order valence-electron chi connectivity index (χ3n) is 1.70. The number of hydrogen-bond acceptors (Lipinski definition) is 1. The third kappa shape index (κ3) is 8.56. The van der Waals surface area contributed by atoms with Gasteiger partial charge in [0.15, 0.2) is 0 Å². The molecule has 0 radical (unpaired) electrons. The van der Waals surface area contributed by atoms with E-state index in [2.05, 4.69) is 37.4 Å². The van der Waals surface area contributed by atoms with E-state index < -0.39 is 0 Å². The van der Waals surface area contributed by atoms with Crippen molar-refractivity contribution in [3.63, 3.8) is 0 Å². The van der Waals surface area contributed by atoms with Crippen molar-refractivity contribution in [2.75, 3.05) is 6.26 Å². The van der Waals surface area contributed by atoms with E-state index in [4.69, 9.17) is 0 Å². The van der Waals surface area contributed by atoms with Gasteiger partial charge in [0.25, 0.3) is 0 Å². The summed E-state index contributed by atoms with van der Waals surface area (Å²) in [5.74, 6) is 0. The van der Waals surface area contributed by atoms with Gasteiger partial charge in [0.1, 0.15) is 0 Å². The molecule has 1 rings (SSSR count). The lowest BCUT2D eigenvalue weighted by atomic mass is 10.1. The molecule has 0 atom stereocenters. The smallest absolute Gasteiger partial charge is 0.00693 e. The molecule has 0 saturated carbocycles. The first-order chi connectivity index (χ1) is 7.36. The zero-order valence-corrected chi connectivity index (χ0v) is 11.9. The molecule has 1 heteroatoms. The zero-order chi connectivity index (χ0) is 12.1. The van der Waals surface area contributed by atoms with Crippen LogP contribution in [-0.4, -0.2) is 6.26 Å². The van der Waals surface area contributed by atoms with Crippen LogP contribution in [0, 0.1) is 0 Å². The lowest BCUT2D eigenvalue weighted by Gasteiger charge is -1.99. The average Bonchev–Trinajstić information content (AvgIpc) is 2.36. The summed E-state index contributed by atoms with van der Waals surface area (Å²) in [6, 6.07) is 8.82. The Hall–Kier alpha value is -0.430. The van der Waals surface area contributed by atoms with Gasteiger partial charge in [-0.2, -0.15) is 0 Å². The second kappa shape index (κ2) is 13.6.